The minimum Gasteiger partial charge on any atom is -0.0795 e. The molecule has 0 fully saturated rings. The molecule has 2 aromatic carbocycles. The Kier molecular flexibility index (Phi) is 2.63. The van der Waals surface area contributed by atoms with Gasteiger partial charge in [-0.2, -0.15) is 0 Å². The van der Waals surface area contributed by atoms with E-state index in [1.54, 1.807) is 0 Å². The molecule has 82 valence electrons. The molecule has 1 aliphatic rings. The van der Waals surface area contributed by atoms with Crippen LogP contribution in [-0.2, 0) is 0 Å². The van der Waals surface area contributed by atoms with E-state index >= 15 is 0 Å². The van der Waals surface area contributed by atoms with Gasteiger partial charge >= 0.3 is 0 Å². The molecule has 0 atom stereocenters. The monoisotopic (exact) mass is 218 g/mol. The molecule has 0 saturated carbocycles. The number of allylic oxidation sites excluding steroid dienone is 2. The van der Waals surface area contributed by atoms with Crippen LogP contribution in [0.4, 0.5) is 0 Å². The van der Waals surface area contributed by atoms with Crippen LogP contribution in [0.15, 0.2) is 60.7 Å². The fraction of sp³-hybridized carbons (Fsp3) is 0.0588. The van der Waals surface area contributed by atoms with E-state index in [2.05, 4.69) is 72.8 Å². The van der Waals surface area contributed by atoms with E-state index in [1.165, 1.54) is 22.3 Å². The van der Waals surface area contributed by atoms with Crippen LogP contribution in [0.25, 0.3) is 17.7 Å². The van der Waals surface area contributed by atoms with Crippen LogP contribution >= 0.6 is 0 Å². The standard InChI is InChI=1S/C17H14/c1-2-7-14(8-3-1)13-16-11-6-10-15-9-4-5-12-17(15)16/h1-10,12-13H,11H2. The summed E-state index contributed by atoms with van der Waals surface area (Å²) in [5.41, 5.74) is 5.35. The van der Waals surface area contributed by atoms with Crippen molar-refractivity contribution in [2.24, 2.45) is 0 Å². The van der Waals surface area contributed by atoms with Gasteiger partial charge in [-0.25, -0.2) is 0 Å². The first kappa shape index (κ1) is 10.1. The summed E-state index contributed by atoms with van der Waals surface area (Å²) in [6.07, 6.45) is 7.74. The quantitative estimate of drug-likeness (QED) is 0.654. The second-order valence-corrected chi connectivity index (χ2v) is 4.27. The summed E-state index contributed by atoms with van der Waals surface area (Å²) in [5.74, 6) is 0. The summed E-state index contributed by atoms with van der Waals surface area (Å²) in [6, 6.07) is 19.1. The molecular formula is C17H14. The first-order chi connectivity index (χ1) is 8.43. The van der Waals surface area contributed by atoms with Crippen molar-refractivity contribution in [1.29, 1.82) is 0 Å². The number of benzene rings is 2. The van der Waals surface area contributed by atoms with E-state index in [0.717, 1.165) is 6.42 Å². The summed E-state index contributed by atoms with van der Waals surface area (Å²) in [4.78, 5) is 0. The second-order valence-electron chi connectivity index (χ2n) is 4.27. The highest BCUT2D eigenvalue weighted by molar-refractivity contribution is 5.88. The normalized spacial score (nSPS) is 15.9. The molecule has 0 heterocycles. The zero-order valence-corrected chi connectivity index (χ0v) is 9.64. The molecule has 0 aliphatic heterocycles. The van der Waals surface area contributed by atoms with E-state index in [9.17, 15) is 0 Å². The molecule has 0 radical (unpaired) electrons. The number of fused-ring (bicyclic) bond motifs is 1. The predicted molar refractivity (Wildman–Crippen MR) is 74.4 cm³/mol. The molecule has 0 unspecified atom stereocenters. The maximum atomic E-state index is 2.28. The Hall–Kier alpha value is -2.08. The van der Waals surface area contributed by atoms with Crippen LogP contribution in [0.2, 0.25) is 0 Å². The van der Waals surface area contributed by atoms with Gasteiger partial charge in [0, 0.05) is 0 Å². The van der Waals surface area contributed by atoms with Crippen molar-refractivity contribution in [1.82, 2.24) is 0 Å². The van der Waals surface area contributed by atoms with Gasteiger partial charge in [0.05, 0.1) is 0 Å². The minimum absolute atomic E-state index is 1.02. The molecule has 0 bridgehead atoms. The summed E-state index contributed by atoms with van der Waals surface area (Å²) < 4.78 is 0. The largest absolute Gasteiger partial charge is 0.0795 e. The van der Waals surface area contributed by atoms with Crippen molar-refractivity contribution >= 4 is 17.7 Å². The zero-order chi connectivity index (χ0) is 11.5. The Balaban J connectivity index is 2.06. The maximum Gasteiger partial charge on any atom is -0.00877 e. The minimum atomic E-state index is 1.02. The van der Waals surface area contributed by atoms with Crippen molar-refractivity contribution in [3.8, 4) is 0 Å². The van der Waals surface area contributed by atoms with Gasteiger partial charge in [-0.05, 0) is 28.7 Å². The zero-order valence-electron chi connectivity index (χ0n) is 9.64. The van der Waals surface area contributed by atoms with E-state index in [-0.39, 0.29) is 0 Å². The first-order valence-corrected chi connectivity index (χ1v) is 5.95. The molecular weight excluding hydrogens is 204 g/mol. The van der Waals surface area contributed by atoms with Gasteiger partial charge in [-0.3, -0.25) is 0 Å². The highest BCUT2D eigenvalue weighted by Gasteiger charge is 2.08. The van der Waals surface area contributed by atoms with Crippen molar-refractivity contribution in [2.75, 3.05) is 0 Å². The first-order valence-electron chi connectivity index (χ1n) is 5.95. The maximum absolute atomic E-state index is 2.28. The van der Waals surface area contributed by atoms with Gasteiger partial charge in [0.25, 0.3) is 0 Å². The third-order valence-corrected chi connectivity index (χ3v) is 3.08. The van der Waals surface area contributed by atoms with Gasteiger partial charge in [-0.15, -0.1) is 0 Å². The molecule has 0 N–H and O–H groups in total. The van der Waals surface area contributed by atoms with Crippen LogP contribution < -0.4 is 0 Å². The predicted octanol–water partition coefficient (Wildman–Crippen LogP) is 4.64. The van der Waals surface area contributed by atoms with E-state index in [1.807, 2.05) is 0 Å². The van der Waals surface area contributed by atoms with Gasteiger partial charge in [0.2, 0.25) is 0 Å². The highest BCUT2D eigenvalue weighted by Crippen LogP contribution is 2.30. The van der Waals surface area contributed by atoms with Crippen molar-refractivity contribution in [3.63, 3.8) is 0 Å². The van der Waals surface area contributed by atoms with Crippen molar-refractivity contribution in [3.05, 3.63) is 77.4 Å². The van der Waals surface area contributed by atoms with Crippen molar-refractivity contribution < 1.29 is 0 Å². The average Bonchev–Trinajstić information content (AvgIpc) is 2.40. The third kappa shape index (κ3) is 2.07. The van der Waals surface area contributed by atoms with E-state index < -0.39 is 0 Å². The molecule has 3 rings (SSSR count). The fourth-order valence-electron chi connectivity index (χ4n) is 2.24. The Bertz CT molecular complexity index is 574. The molecule has 0 spiro atoms. The van der Waals surface area contributed by atoms with Crippen LogP contribution in [0.5, 0.6) is 0 Å². The average molecular weight is 218 g/mol. The Morgan fingerprint density at radius 1 is 0.824 bits per heavy atom. The summed E-state index contributed by atoms with van der Waals surface area (Å²) >= 11 is 0. The summed E-state index contributed by atoms with van der Waals surface area (Å²) in [6.45, 7) is 0. The van der Waals surface area contributed by atoms with Crippen LogP contribution in [0.1, 0.15) is 23.1 Å². The molecule has 0 nitrogen and oxygen atoms in total. The summed E-state index contributed by atoms with van der Waals surface area (Å²) in [7, 11) is 0. The Morgan fingerprint density at radius 3 is 2.47 bits per heavy atom. The smallest absolute Gasteiger partial charge is 0.00877 e. The van der Waals surface area contributed by atoms with Gasteiger partial charge < -0.3 is 0 Å². The van der Waals surface area contributed by atoms with E-state index in [0.29, 0.717) is 0 Å². The molecule has 2 aromatic rings. The van der Waals surface area contributed by atoms with Crippen molar-refractivity contribution in [2.45, 2.75) is 6.42 Å². The Morgan fingerprint density at radius 2 is 1.59 bits per heavy atom. The number of hydrogen-bond acceptors (Lipinski definition) is 0. The summed E-state index contributed by atoms with van der Waals surface area (Å²) in [5, 5.41) is 0. The lowest BCUT2D eigenvalue weighted by atomic mass is 9.91. The number of hydrogen-bond donors (Lipinski definition) is 0. The topological polar surface area (TPSA) is 0 Å². The van der Waals surface area contributed by atoms with E-state index in [4.69, 9.17) is 0 Å². The molecule has 0 heteroatoms. The van der Waals surface area contributed by atoms with Gasteiger partial charge in [-0.1, -0.05) is 72.8 Å². The Labute approximate surface area is 102 Å². The lowest BCUT2D eigenvalue weighted by molar-refractivity contribution is 1.37. The molecule has 1 aliphatic carbocycles. The number of rotatable bonds is 1. The molecule has 0 amide bonds. The van der Waals surface area contributed by atoms with Gasteiger partial charge in [0.15, 0.2) is 0 Å². The SMILES string of the molecule is C1=Cc2ccccc2C(=Cc2ccccc2)C1. The molecule has 0 saturated heterocycles. The molecule has 17 heavy (non-hydrogen) atoms. The second kappa shape index (κ2) is 4.42. The van der Waals surface area contributed by atoms with Crippen LogP contribution in [0, 0.1) is 0 Å². The van der Waals surface area contributed by atoms with Crippen LogP contribution in [0.3, 0.4) is 0 Å². The lowest BCUT2D eigenvalue weighted by Gasteiger charge is -2.14. The lowest BCUT2D eigenvalue weighted by Crippen LogP contribution is -1.92. The van der Waals surface area contributed by atoms with Gasteiger partial charge in [0.1, 0.15) is 0 Å². The highest BCUT2D eigenvalue weighted by atomic mass is 14.1. The van der Waals surface area contributed by atoms with Crippen LogP contribution in [-0.4, -0.2) is 0 Å². The fourth-order valence-corrected chi connectivity index (χ4v) is 2.24. The molecule has 0 aromatic heterocycles. The third-order valence-electron chi connectivity index (χ3n) is 3.08.